The number of hydrogen-bond acceptors (Lipinski definition) is 4. The number of thioether (sulfide) groups is 1. The average molecular weight is 365 g/mol. The number of benzene rings is 2. The summed E-state index contributed by atoms with van der Waals surface area (Å²) in [6.45, 7) is 2.03. The molecule has 2 aromatic rings. The Kier molecular flexibility index (Phi) is 9.72. The molecule has 5 heteroatoms. The molecule has 124 valence electrons. The van der Waals surface area contributed by atoms with E-state index in [0.29, 0.717) is 4.20 Å². The molecule has 0 aliphatic heterocycles. The summed E-state index contributed by atoms with van der Waals surface area (Å²) in [5, 5.41) is -0.440. The number of carbonyl (C=O) groups is 1. The van der Waals surface area contributed by atoms with Crippen LogP contribution < -0.4 is 0 Å². The topological polar surface area (TPSA) is 26.3 Å². The van der Waals surface area contributed by atoms with Crippen LogP contribution in [0.25, 0.3) is 0 Å². The summed E-state index contributed by atoms with van der Waals surface area (Å²) in [5.74, 6) is -0.291. The van der Waals surface area contributed by atoms with Gasteiger partial charge in [-0.25, -0.2) is 0 Å². The predicted octanol–water partition coefficient (Wildman–Crippen LogP) is 3.50. The number of ether oxygens (including phenoxy) is 1. The molecule has 23 heavy (non-hydrogen) atoms. The smallest absolute Gasteiger partial charge is 0.323 e. The van der Waals surface area contributed by atoms with E-state index in [1.54, 1.807) is 0 Å². The van der Waals surface area contributed by atoms with Gasteiger partial charge < -0.3 is 4.74 Å². The molecule has 0 aliphatic carbocycles. The molecular formula is C18H24O2S2Si. The molecule has 0 fully saturated rings. The molecule has 0 saturated heterocycles. The van der Waals surface area contributed by atoms with Gasteiger partial charge in [0.2, 0.25) is 0 Å². The number of aryl methyl sites for hydroxylation is 1. The molecule has 0 aromatic heterocycles. The van der Waals surface area contributed by atoms with Crippen molar-refractivity contribution in [1.29, 1.82) is 0 Å². The zero-order chi connectivity index (χ0) is 15.2. The third-order valence-electron chi connectivity index (χ3n) is 3.03. The Bertz CT molecular complexity index is 627. The number of rotatable bonds is 4. The monoisotopic (exact) mass is 364 g/mol. The first-order valence-corrected chi connectivity index (χ1v) is 7.81. The van der Waals surface area contributed by atoms with E-state index in [9.17, 15) is 4.79 Å². The largest absolute Gasteiger partial charge is 0.468 e. The van der Waals surface area contributed by atoms with Crippen molar-refractivity contribution in [3.05, 3.63) is 71.3 Å². The van der Waals surface area contributed by atoms with Crippen LogP contribution in [0.3, 0.4) is 0 Å². The van der Waals surface area contributed by atoms with E-state index in [-0.39, 0.29) is 24.4 Å². The maximum atomic E-state index is 12.0. The Morgan fingerprint density at radius 3 is 2.17 bits per heavy atom. The highest BCUT2D eigenvalue weighted by Gasteiger charge is 2.24. The van der Waals surface area contributed by atoms with Crippen LogP contribution in [-0.4, -0.2) is 28.2 Å². The van der Waals surface area contributed by atoms with Crippen LogP contribution in [0.15, 0.2) is 54.6 Å². The first kappa shape index (κ1) is 21.6. The van der Waals surface area contributed by atoms with Crippen LogP contribution in [-0.2, 0) is 9.53 Å². The normalized spacial score (nSPS) is 10.7. The van der Waals surface area contributed by atoms with Crippen LogP contribution in [0.4, 0.5) is 0 Å². The average Bonchev–Trinajstić information content (AvgIpc) is 2.53. The second kappa shape index (κ2) is 10.4. The van der Waals surface area contributed by atoms with Crippen LogP contribution >= 0.6 is 24.0 Å². The minimum absolute atomic E-state index is 0. The van der Waals surface area contributed by atoms with E-state index >= 15 is 0 Å². The van der Waals surface area contributed by atoms with E-state index in [1.807, 2.05) is 61.5 Å². The minimum Gasteiger partial charge on any atom is -0.468 e. The third kappa shape index (κ3) is 5.93. The fraction of sp³-hybridized carbons (Fsp3) is 0.222. The number of thiocarbonyl (C=S) groups is 1. The van der Waals surface area contributed by atoms with Crippen molar-refractivity contribution in [2.45, 2.75) is 19.6 Å². The number of esters is 1. The van der Waals surface area contributed by atoms with E-state index in [2.05, 4.69) is 0 Å². The van der Waals surface area contributed by atoms with Crippen LogP contribution in [0.2, 0.25) is 0 Å². The van der Waals surface area contributed by atoms with Gasteiger partial charge in [-0.15, -0.1) is 0 Å². The van der Waals surface area contributed by atoms with Crippen molar-refractivity contribution in [1.82, 2.24) is 0 Å². The van der Waals surface area contributed by atoms with E-state index in [1.165, 1.54) is 24.4 Å². The Morgan fingerprint density at radius 1 is 1.09 bits per heavy atom. The first-order valence-electron chi connectivity index (χ1n) is 6.52. The van der Waals surface area contributed by atoms with Crippen molar-refractivity contribution in [3.63, 3.8) is 0 Å². The minimum atomic E-state index is -0.440. The molecule has 0 radical (unpaired) electrons. The maximum Gasteiger partial charge on any atom is 0.323 e. The van der Waals surface area contributed by atoms with Crippen LogP contribution in [0.1, 0.15) is 29.4 Å². The quantitative estimate of drug-likeness (QED) is 0.471. The maximum absolute atomic E-state index is 12.0. The van der Waals surface area contributed by atoms with Gasteiger partial charge in [-0.05, 0) is 29.0 Å². The molecule has 1 atom stereocenters. The van der Waals surface area contributed by atoms with Gasteiger partial charge in [0.1, 0.15) is 5.25 Å². The molecule has 1 unspecified atom stereocenters. The predicted molar refractivity (Wildman–Crippen MR) is 110 cm³/mol. The van der Waals surface area contributed by atoms with Crippen molar-refractivity contribution in [2.75, 3.05) is 7.11 Å². The van der Waals surface area contributed by atoms with Gasteiger partial charge in [-0.3, -0.25) is 4.79 Å². The fourth-order valence-electron chi connectivity index (χ4n) is 1.85. The summed E-state index contributed by atoms with van der Waals surface area (Å²) < 4.78 is 5.59. The first-order chi connectivity index (χ1) is 10.1. The van der Waals surface area contributed by atoms with Crippen LogP contribution in [0.5, 0.6) is 0 Å². The molecule has 2 aromatic carbocycles. The van der Waals surface area contributed by atoms with Gasteiger partial charge in [-0.2, -0.15) is 0 Å². The van der Waals surface area contributed by atoms with E-state index in [4.69, 9.17) is 17.0 Å². The lowest BCUT2D eigenvalue weighted by atomic mass is 10.1. The number of carbonyl (C=O) groups excluding carboxylic acids is 1. The van der Waals surface area contributed by atoms with Gasteiger partial charge in [-0.1, -0.05) is 91.6 Å². The summed E-state index contributed by atoms with van der Waals surface area (Å²) in [4.78, 5) is 12.0. The molecule has 0 amide bonds. The Morgan fingerprint density at radius 2 is 1.65 bits per heavy atom. The lowest BCUT2D eigenvalue weighted by Crippen LogP contribution is -2.13. The Balaban J connectivity index is 0.00000242. The highest BCUT2D eigenvalue weighted by atomic mass is 32.2. The second-order valence-corrected chi connectivity index (χ2v) is 6.37. The van der Waals surface area contributed by atoms with Gasteiger partial charge in [0.15, 0.2) is 0 Å². The van der Waals surface area contributed by atoms with Crippen molar-refractivity contribution >= 4 is 45.1 Å². The van der Waals surface area contributed by atoms with Gasteiger partial charge in [0, 0.05) is 0 Å². The third-order valence-corrected chi connectivity index (χ3v) is 4.70. The number of methoxy groups -OCH3 is 1. The molecule has 0 N–H and O–H groups in total. The molecule has 0 saturated carbocycles. The molecule has 0 bridgehead atoms. The standard InChI is InChI=1S/C17H16O2S2.CH4.H4Si/c1-12-8-10-14(11-9-12)17(20)21-15(16(18)19-2)13-6-4-3-5-7-13;;/h3-11,15H,1-2H3;2*1H4. The van der Waals surface area contributed by atoms with Gasteiger partial charge in [0.25, 0.3) is 0 Å². The second-order valence-electron chi connectivity index (χ2n) is 4.59. The van der Waals surface area contributed by atoms with E-state index < -0.39 is 5.25 Å². The SMILES string of the molecule is C.COC(=O)C(SC(=S)c1ccc(C)cc1)c1ccccc1.[SiH4]. The van der Waals surface area contributed by atoms with Gasteiger partial charge in [0.05, 0.1) is 11.3 Å². The molecule has 0 spiro atoms. The summed E-state index contributed by atoms with van der Waals surface area (Å²) >= 11 is 6.81. The molecule has 2 rings (SSSR count). The summed E-state index contributed by atoms with van der Waals surface area (Å²) in [5.41, 5.74) is 3.02. The lowest BCUT2D eigenvalue weighted by molar-refractivity contribution is -0.140. The molecule has 0 aliphatic rings. The number of hydrogen-bond donors (Lipinski definition) is 0. The Hall–Kier alpha value is -1.43. The fourth-order valence-corrected chi connectivity index (χ4v) is 3.25. The molecule has 2 nitrogen and oxygen atoms in total. The summed E-state index contributed by atoms with van der Waals surface area (Å²) in [7, 11) is 1.40. The highest BCUT2D eigenvalue weighted by Crippen LogP contribution is 2.33. The zero-order valence-corrected chi connectivity index (χ0v) is 13.5. The Labute approximate surface area is 152 Å². The van der Waals surface area contributed by atoms with Crippen LogP contribution in [0, 0.1) is 6.92 Å². The van der Waals surface area contributed by atoms with Crippen molar-refractivity contribution in [2.24, 2.45) is 0 Å². The lowest BCUT2D eigenvalue weighted by Gasteiger charge is -2.15. The van der Waals surface area contributed by atoms with E-state index in [0.717, 1.165) is 11.1 Å². The molecular weight excluding hydrogens is 340 g/mol. The highest BCUT2D eigenvalue weighted by molar-refractivity contribution is 8.24. The van der Waals surface area contributed by atoms with Crippen molar-refractivity contribution in [3.8, 4) is 0 Å². The summed E-state index contributed by atoms with van der Waals surface area (Å²) in [6.07, 6.45) is 0. The molecule has 0 heterocycles. The zero-order valence-electron chi connectivity index (χ0n) is 11.9. The van der Waals surface area contributed by atoms with Crippen molar-refractivity contribution < 1.29 is 9.53 Å². The summed E-state index contributed by atoms with van der Waals surface area (Å²) in [6, 6.07) is 17.5. The van der Waals surface area contributed by atoms with Gasteiger partial charge >= 0.3 is 5.97 Å².